The number of aromatic nitrogens is 2. The summed E-state index contributed by atoms with van der Waals surface area (Å²) in [5.41, 5.74) is 1.72. The number of fused-ring (bicyclic) bond motifs is 1. The number of ether oxygens (including phenoxy) is 1. The van der Waals surface area contributed by atoms with Gasteiger partial charge in [-0.1, -0.05) is 0 Å². The third kappa shape index (κ3) is 3.85. The Balaban J connectivity index is 1.29. The Morgan fingerprint density at radius 1 is 1.00 bits per heavy atom. The van der Waals surface area contributed by atoms with Crippen LogP contribution in [0.5, 0.6) is 5.75 Å². The van der Waals surface area contributed by atoms with Crippen LogP contribution in [0.2, 0.25) is 0 Å². The zero-order valence-corrected chi connectivity index (χ0v) is 15.6. The van der Waals surface area contributed by atoms with Crippen LogP contribution < -0.4 is 4.74 Å². The number of rotatable bonds is 4. The molecular formula is C20H23FN4O3. The van der Waals surface area contributed by atoms with Gasteiger partial charge < -0.3 is 14.5 Å². The first-order valence-electron chi connectivity index (χ1n) is 9.62. The topological polar surface area (TPSA) is 67.7 Å². The van der Waals surface area contributed by atoms with E-state index in [1.54, 1.807) is 16.0 Å². The number of carbonyl (C=O) groups is 2. The van der Waals surface area contributed by atoms with Gasteiger partial charge in [0.1, 0.15) is 11.6 Å². The molecule has 0 spiro atoms. The number of nitrogens with zero attached hydrogens (tertiary/aromatic N) is 4. The minimum absolute atomic E-state index is 0.00203. The van der Waals surface area contributed by atoms with Gasteiger partial charge in [-0.25, -0.2) is 4.39 Å². The second kappa shape index (κ2) is 8.00. The highest BCUT2D eigenvalue weighted by atomic mass is 19.1. The van der Waals surface area contributed by atoms with Crippen LogP contribution in [-0.4, -0.2) is 64.2 Å². The van der Waals surface area contributed by atoms with Crippen LogP contribution in [0.4, 0.5) is 4.39 Å². The fraction of sp³-hybridized carbons (Fsp3) is 0.450. The fourth-order valence-corrected chi connectivity index (χ4v) is 3.70. The first kappa shape index (κ1) is 18.5. The summed E-state index contributed by atoms with van der Waals surface area (Å²) in [5.74, 6) is -0.0363. The Morgan fingerprint density at radius 2 is 1.71 bits per heavy atom. The van der Waals surface area contributed by atoms with Crippen LogP contribution >= 0.6 is 0 Å². The molecule has 0 N–H and O–H groups in total. The molecule has 1 fully saturated rings. The molecule has 0 unspecified atom stereocenters. The summed E-state index contributed by atoms with van der Waals surface area (Å²) in [4.78, 5) is 28.7. The number of benzene rings is 1. The first-order valence-corrected chi connectivity index (χ1v) is 9.62. The molecule has 4 rings (SSSR count). The predicted molar refractivity (Wildman–Crippen MR) is 99.5 cm³/mol. The van der Waals surface area contributed by atoms with Gasteiger partial charge in [-0.15, -0.1) is 0 Å². The monoisotopic (exact) mass is 386 g/mol. The van der Waals surface area contributed by atoms with E-state index in [4.69, 9.17) is 4.74 Å². The maximum atomic E-state index is 12.9. The van der Waals surface area contributed by atoms with Crippen molar-refractivity contribution in [3.63, 3.8) is 0 Å². The van der Waals surface area contributed by atoms with Crippen molar-refractivity contribution in [2.45, 2.75) is 25.8 Å². The van der Waals surface area contributed by atoms with Crippen LogP contribution in [0, 0.1) is 5.82 Å². The molecule has 1 saturated heterocycles. The lowest BCUT2D eigenvalue weighted by Gasteiger charge is -2.34. The van der Waals surface area contributed by atoms with Crippen molar-refractivity contribution in [1.29, 1.82) is 0 Å². The lowest BCUT2D eigenvalue weighted by atomic mass is 10.1. The van der Waals surface area contributed by atoms with Crippen LogP contribution in [0.3, 0.4) is 0 Å². The summed E-state index contributed by atoms with van der Waals surface area (Å²) >= 11 is 0. The van der Waals surface area contributed by atoms with Gasteiger partial charge in [0.25, 0.3) is 11.8 Å². The van der Waals surface area contributed by atoms with E-state index in [-0.39, 0.29) is 24.2 Å². The third-order valence-corrected chi connectivity index (χ3v) is 5.31. The van der Waals surface area contributed by atoms with Crippen molar-refractivity contribution in [3.05, 3.63) is 47.5 Å². The van der Waals surface area contributed by atoms with Gasteiger partial charge in [0.2, 0.25) is 0 Å². The van der Waals surface area contributed by atoms with Crippen molar-refractivity contribution in [3.8, 4) is 5.75 Å². The van der Waals surface area contributed by atoms with E-state index >= 15 is 0 Å². The number of hydrogen-bond donors (Lipinski definition) is 0. The number of hydrogen-bond acceptors (Lipinski definition) is 4. The zero-order chi connectivity index (χ0) is 19.5. The molecule has 2 aliphatic heterocycles. The van der Waals surface area contributed by atoms with Gasteiger partial charge in [-0.2, -0.15) is 5.10 Å². The summed E-state index contributed by atoms with van der Waals surface area (Å²) in [6.07, 6.45) is 4.75. The van der Waals surface area contributed by atoms with Gasteiger partial charge in [0.15, 0.2) is 6.61 Å². The Hall–Kier alpha value is -2.90. The fourth-order valence-electron chi connectivity index (χ4n) is 3.70. The second-order valence-corrected chi connectivity index (χ2v) is 7.10. The molecule has 2 aliphatic rings. The standard InChI is InChI=1S/C20H23FN4O3/c21-15-4-6-16(7-5-15)28-14-19(26)23-9-11-24(12-10-23)20(27)17-13-22-25-8-2-1-3-18(17)25/h4-7,13H,1-3,8-12,14H2. The normalized spacial score (nSPS) is 16.6. The molecule has 1 aromatic heterocycles. The van der Waals surface area contributed by atoms with E-state index in [2.05, 4.69) is 5.10 Å². The molecule has 2 aromatic rings. The number of piperazine rings is 1. The van der Waals surface area contributed by atoms with Gasteiger partial charge in [-0.3, -0.25) is 14.3 Å². The van der Waals surface area contributed by atoms with Crippen molar-refractivity contribution in [1.82, 2.24) is 19.6 Å². The predicted octanol–water partition coefficient (Wildman–Crippen LogP) is 1.72. The van der Waals surface area contributed by atoms with E-state index in [1.807, 2.05) is 4.68 Å². The van der Waals surface area contributed by atoms with E-state index in [0.29, 0.717) is 37.5 Å². The summed E-state index contributed by atoms with van der Waals surface area (Å²) in [5, 5.41) is 4.34. The van der Waals surface area contributed by atoms with Gasteiger partial charge in [0.05, 0.1) is 17.5 Å². The van der Waals surface area contributed by atoms with Crippen molar-refractivity contribution in [2.24, 2.45) is 0 Å². The lowest BCUT2D eigenvalue weighted by molar-refractivity contribution is -0.134. The molecule has 0 bridgehead atoms. The van der Waals surface area contributed by atoms with E-state index in [1.165, 1.54) is 24.3 Å². The van der Waals surface area contributed by atoms with Crippen molar-refractivity contribution >= 4 is 11.8 Å². The maximum Gasteiger partial charge on any atom is 0.260 e. The number of amides is 2. The Morgan fingerprint density at radius 3 is 2.46 bits per heavy atom. The lowest BCUT2D eigenvalue weighted by Crippen LogP contribution is -2.51. The van der Waals surface area contributed by atoms with Crippen LogP contribution in [0.15, 0.2) is 30.5 Å². The Labute approximate surface area is 162 Å². The van der Waals surface area contributed by atoms with E-state index in [0.717, 1.165) is 31.5 Å². The molecule has 2 amide bonds. The second-order valence-electron chi connectivity index (χ2n) is 7.10. The van der Waals surface area contributed by atoms with Crippen LogP contribution in [-0.2, 0) is 17.8 Å². The smallest absolute Gasteiger partial charge is 0.260 e. The Bertz CT molecular complexity index is 857. The third-order valence-electron chi connectivity index (χ3n) is 5.31. The maximum absolute atomic E-state index is 12.9. The summed E-state index contributed by atoms with van der Waals surface area (Å²) < 4.78 is 20.3. The van der Waals surface area contributed by atoms with E-state index < -0.39 is 0 Å². The summed E-state index contributed by atoms with van der Waals surface area (Å²) in [7, 11) is 0. The molecule has 0 saturated carbocycles. The molecule has 148 valence electrons. The minimum atomic E-state index is -0.348. The highest BCUT2D eigenvalue weighted by Crippen LogP contribution is 2.20. The van der Waals surface area contributed by atoms with E-state index in [9.17, 15) is 14.0 Å². The molecule has 0 aliphatic carbocycles. The summed E-state index contributed by atoms with van der Waals surface area (Å²) in [6, 6.07) is 5.57. The first-order chi connectivity index (χ1) is 13.6. The van der Waals surface area contributed by atoms with Gasteiger partial charge in [-0.05, 0) is 43.5 Å². The average Bonchev–Trinajstić information content (AvgIpc) is 3.17. The van der Waals surface area contributed by atoms with Crippen molar-refractivity contribution in [2.75, 3.05) is 32.8 Å². The molecule has 0 radical (unpaired) electrons. The minimum Gasteiger partial charge on any atom is -0.484 e. The highest BCUT2D eigenvalue weighted by Gasteiger charge is 2.28. The van der Waals surface area contributed by atoms with Crippen molar-refractivity contribution < 1.29 is 18.7 Å². The molecule has 7 nitrogen and oxygen atoms in total. The quantitative estimate of drug-likeness (QED) is 0.803. The molecule has 3 heterocycles. The zero-order valence-electron chi connectivity index (χ0n) is 15.6. The van der Waals surface area contributed by atoms with Crippen LogP contribution in [0.1, 0.15) is 28.9 Å². The summed E-state index contributed by atoms with van der Waals surface area (Å²) in [6.45, 7) is 2.70. The number of halogens is 1. The molecule has 0 atom stereocenters. The molecule has 1 aromatic carbocycles. The number of carbonyl (C=O) groups excluding carboxylic acids is 2. The van der Waals surface area contributed by atoms with Gasteiger partial charge >= 0.3 is 0 Å². The number of aryl methyl sites for hydroxylation is 1. The highest BCUT2D eigenvalue weighted by molar-refractivity contribution is 5.95. The Kier molecular flexibility index (Phi) is 5.27. The SMILES string of the molecule is O=C(COc1ccc(F)cc1)N1CCN(C(=O)c2cnn3c2CCCC3)CC1. The molecular weight excluding hydrogens is 363 g/mol. The van der Waals surface area contributed by atoms with Crippen LogP contribution in [0.25, 0.3) is 0 Å². The van der Waals surface area contributed by atoms with Gasteiger partial charge in [0, 0.05) is 32.7 Å². The average molecular weight is 386 g/mol. The molecule has 28 heavy (non-hydrogen) atoms. The largest absolute Gasteiger partial charge is 0.484 e. The molecule has 8 heteroatoms.